The van der Waals surface area contributed by atoms with Gasteiger partial charge in [-0.3, -0.25) is 4.79 Å². The Hall–Kier alpha value is -2.50. The van der Waals surface area contributed by atoms with E-state index in [2.05, 4.69) is 15.2 Å². The summed E-state index contributed by atoms with van der Waals surface area (Å²) >= 11 is 0. The molecule has 0 aliphatic carbocycles. The standard InChI is InChI=1S/C16H15F2N3O/c17-13-5-3-11(9-14(13)18)20-16(22)15-6-4-12(10-19-15)21-7-1-2-8-21/h3-6,9-10H,1-2,7-8H2,(H,20,22). The van der Waals surface area contributed by atoms with E-state index in [1.807, 2.05) is 6.07 Å². The van der Waals surface area contributed by atoms with Crippen molar-refractivity contribution in [2.45, 2.75) is 12.8 Å². The minimum atomic E-state index is -1.00. The lowest BCUT2D eigenvalue weighted by Gasteiger charge is -2.16. The monoisotopic (exact) mass is 303 g/mol. The minimum absolute atomic E-state index is 0.189. The summed E-state index contributed by atoms with van der Waals surface area (Å²) in [6.07, 6.45) is 3.99. The molecule has 4 nitrogen and oxygen atoms in total. The number of nitrogens with one attached hydrogen (secondary N) is 1. The van der Waals surface area contributed by atoms with Crippen molar-refractivity contribution in [3.05, 3.63) is 53.9 Å². The molecule has 2 heterocycles. The second-order valence-electron chi connectivity index (χ2n) is 5.18. The number of amides is 1. The highest BCUT2D eigenvalue weighted by Crippen LogP contribution is 2.19. The number of aromatic nitrogens is 1. The minimum Gasteiger partial charge on any atom is -0.370 e. The first-order chi connectivity index (χ1) is 10.6. The zero-order chi connectivity index (χ0) is 15.5. The van der Waals surface area contributed by atoms with E-state index in [0.29, 0.717) is 0 Å². The quantitative estimate of drug-likeness (QED) is 0.947. The molecule has 0 saturated carbocycles. The van der Waals surface area contributed by atoms with E-state index in [0.717, 1.165) is 30.9 Å². The third-order valence-corrected chi connectivity index (χ3v) is 3.63. The molecular weight excluding hydrogens is 288 g/mol. The molecule has 1 aliphatic rings. The molecular formula is C16H15F2N3O. The molecule has 114 valence electrons. The van der Waals surface area contributed by atoms with Gasteiger partial charge >= 0.3 is 0 Å². The van der Waals surface area contributed by atoms with Crippen molar-refractivity contribution in [3.63, 3.8) is 0 Å². The molecule has 0 spiro atoms. The fraction of sp³-hybridized carbons (Fsp3) is 0.250. The number of carbonyl (C=O) groups is 1. The average molecular weight is 303 g/mol. The molecule has 0 bridgehead atoms. The lowest BCUT2D eigenvalue weighted by Crippen LogP contribution is -2.19. The van der Waals surface area contributed by atoms with Crippen LogP contribution in [-0.4, -0.2) is 24.0 Å². The summed E-state index contributed by atoms with van der Waals surface area (Å²) in [6, 6.07) is 6.68. The van der Waals surface area contributed by atoms with Crippen molar-refractivity contribution in [2.24, 2.45) is 0 Å². The van der Waals surface area contributed by atoms with Crippen molar-refractivity contribution in [2.75, 3.05) is 23.3 Å². The van der Waals surface area contributed by atoms with Crippen LogP contribution in [0.1, 0.15) is 23.3 Å². The third kappa shape index (κ3) is 3.05. The van der Waals surface area contributed by atoms with Crippen LogP contribution in [0, 0.1) is 11.6 Å². The van der Waals surface area contributed by atoms with Gasteiger partial charge in [0.05, 0.1) is 11.9 Å². The second-order valence-corrected chi connectivity index (χ2v) is 5.18. The van der Waals surface area contributed by atoms with Gasteiger partial charge in [0.25, 0.3) is 5.91 Å². The maximum absolute atomic E-state index is 13.1. The molecule has 1 saturated heterocycles. The van der Waals surface area contributed by atoms with E-state index >= 15 is 0 Å². The molecule has 22 heavy (non-hydrogen) atoms. The van der Waals surface area contributed by atoms with Crippen LogP contribution in [0.2, 0.25) is 0 Å². The van der Waals surface area contributed by atoms with Gasteiger partial charge in [-0.15, -0.1) is 0 Å². The third-order valence-electron chi connectivity index (χ3n) is 3.63. The highest BCUT2D eigenvalue weighted by atomic mass is 19.2. The van der Waals surface area contributed by atoms with Gasteiger partial charge in [-0.05, 0) is 37.1 Å². The second kappa shape index (κ2) is 6.09. The molecule has 1 N–H and O–H groups in total. The molecule has 1 fully saturated rings. The first kappa shape index (κ1) is 14.4. The molecule has 0 unspecified atom stereocenters. The highest BCUT2D eigenvalue weighted by molar-refractivity contribution is 6.02. The summed E-state index contributed by atoms with van der Waals surface area (Å²) < 4.78 is 26.0. The molecule has 1 amide bonds. The van der Waals surface area contributed by atoms with Gasteiger partial charge in [-0.2, -0.15) is 0 Å². The van der Waals surface area contributed by atoms with Crippen LogP contribution in [0.3, 0.4) is 0 Å². The number of halogens is 2. The van der Waals surface area contributed by atoms with Crippen LogP contribution in [0.15, 0.2) is 36.5 Å². The SMILES string of the molecule is O=C(Nc1ccc(F)c(F)c1)c1ccc(N2CCCC2)cn1. The van der Waals surface area contributed by atoms with Crippen molar-refractivity contribution in [3.8, 4) is 0 Å². The van der Waals surface area contributed by atoms with Crippen LogP contribution < -0.4 is 10.2 Å². The number of rotatable bonds is 3. The summed E-state index contributed by atoms with van der Waals surface area (Å²) in [6.45, 7) is 2.00. The highest BCUT2D eigenvalue weighted by Gasteiger charge is 2.14. The Morgan fingerprint density at radius 3 is 2.50 bits per heavy atom. The van der Waals surface area contributed by atoms with E-state index in [-0.39, 0.29) is 11.4 Å². The Morgan fingerprint density at radius 2 is 1.86 bits per heavy atom. The Bertz CT molecular complexity index is 682. The number of carbonyl (C=O) groups excluding carboxylic acids is 1. The van der Waals surface area contributed by atoms with Crippen LogP contribution >= 0.6 is 0 Å². The van der Waals surface area contributed by atoms with Crippen LogP contribution in [-0.2, 0) is 0 Å². The summed E-state index contributed by atoms with van der Waals surface area (Å²) in [5, 5.41) is 2.49. The van der Waals surface area contributed by atoms with Crippen LogP contribution in [0.25, 0.3) is 0 Å². The first-order valence-corrected chi connectivity index (χ1v) is 7.11. The predicted octanol–water partition coefficient (Wildman–Crippen LogP) is 3.21. The molecule has 0 atom stereocenters. The fourth-order valence-corrected chi connectivity index (χ4v) is 2.45. The maximum atomic E-state index is 13.1. The summed E-state index contributed by atoms with van der Waals surface area (Å²) in [5.41, 5.74) is 1.41. The largest absolute Gasteiger partial charge is 0.370 e. The van der Waals surface area contributed by atoms with Gasteiger partial charge in [0, 0.05) is 24.8 Å². The Balaban J connectivity index is 1.70. The lowest BCUT2D eigenvalue weighted by molar-refractivity contribution is 0.102. The van der Waals surface area contributed by atoms with Gasteiger partial charge < -0.3 is 10.2 Å². The number of pyridine rings is 1. The zero-order valence-corrected chi connectivity index (χ0v) is 11.9. The molecule has 3 rings (SSSR count). The van der Waals surface area contributed by atoms with E-state index in [4.69, 9.17) is 0 Å². The van der Waals surface area contributed by atoms with Crippen molar-refractivity contribution in [1.29, 1.82) is 0 Å². The Kier molecular flexibility index (Phi) is 4.00. The average Bonchev–Trinajstić information content (AvgIpc) is 3.05. The van der Waals surface area contributed by atoms with Gasteiger partial charge in [0.2, 0.25) is 0 Å². The lowest BCUT2D eigenvalue weighted by atomic mass is 10.2. The van der Waals surface area contributed by atoms with E-state index in [1.54, 1.807) is 12.3 Å². The van der Waals surface area contributed by atoms with E-state index in [9.17, 15) is 13.6 Å². The smallest absolute Gasteiger partial charge is 0.274 e. The molecule has 2 aromatic rings. The number of benzene rings is 1. The van der Waals surface area contributed by atoms with E-state index < -0.39 is 17.5 Å². The maximum Gasteiger partial charge on any atom is 0.274 e. The Labute approximate surface area is 126 Å². The zero-order valence-electron chi connectivity index (χ0n) is 11.9. The predicted molar refractivity (Wildman–Crippen MR) is 80.0 cm³/mol. The normalized spacial score (nSPS) is 14.2. The number of anilines is 2. The topological polar surface area (TPSA) is 45.2 Å². The molecule has 1 aliphatic heterocycles. The van der Waals surface area contributed by atoms with Gasteiger partial charge in [-0.25, -0.2) is 13.8 Å². The number of hydrogen-bond acceptors (Lipinski definition) is 3. The van der Waals surface area contributed by atoms with Gasteiger partial charge in [0.1, 0.15) is 5.69 Å². The summed E-state index contributed by atoms with van der Waals surface area (Å²) in [4.78, 5) is 18.4. The van der Waals surface area contributed by atoms with Gasteiger partial charge in [-0.1, -0.05) is 0 Å². The molecule has 6 heteroatoms. The van der Waals surface area contributed by atoms with Crippen LogP contribution in [0.4, 0.5) is 20.2 Å². The first-order valence-electron chi connectivity index (χ1n) is 7.11. The van der Waals surface area contributed by atoms with Crippen molar-refractivity contribution in [1.82, 2.24) is 4.98 Å². The molecule has 1 aromatic heterocycles. The summed E-state index contributed by atoms with van der Waals surface area (Å²) in [7, 11) is 0. The molecule has 0 radical (unpaired) electrons. The van der Waals surface area contributed by atoms with E-state index in [1.165, 1.54) is 18.9 Å². The van der Waals surface area contributed by atoms with Crippen molar-refractivity contribution < 1.29 is 13.6 Å². The summed E-state index contributed by atoms with van der Waals surface area (Å²) in [5.74, 6) is -2.42. The number of hydrogen-bond donors (Lipinski definition) is 1. The fourth-order valence-electron chi connectivity index (χ4n) is 2.45. The van der Waals surface area contributed by atoms with Crippen LogP contribution in [0.5, 0.6) is 0 Å². The molecule has 1 aromatic carbocycles. The van der Waals surface area contributed by atoms with Crippen molar-refractivity contribution >= 4 is 17.3 Å². The van der Waals surface area contributed by atoms with Gasteiger partial charge in [0.15, 0.2) is 11.6 Å². The Morgan fingerprint density at radius 1 is 1.09 bits per heavy atom. The number of nitrogens with zero attached hydrogens (tertiary/aromatic N) is 2.